The largest absolute Gasteiger partial charge is 0.378 e. The minimum Gasteiger partial charge on any atom is -0.378 e. The molecular formula is C13H16N4O2S. The van der Waals surface area contributed by atoms with E-state index < -0.39 is 0 Å². The molecule has 1 heterocycles. The normalized spacial score (nSPS) is 14.7. The maximum absolute atomic E-state index is 11.2. The first-order valence-corrected chi connectivity index (χ1v) is 7.48. The van der Waals surface area contributed by atoms with E-state index in [-0.39, 0.29) is 10.6 Å². The third kappa shape index (κ3) is 2.88. The number of anilines is 1. The van der Waals surface area contributed by atoms with E-state index in [1.54, 1.807) is 12.1 Å². The number of thiazole rings is 1. The first kappa shape index (κ1) is 13.3. The highest BCUT2D eigenvalue weighted by Crippen LogP contribution is 2.32. The van der Waals surface area contributed by atoms with Crippen molar-refractivity contribution in [1.82, 2.24) is 10.3 Å². The Bertz CT molecular complexity index is 651. The van der Waals surface area contributed by atoms with E-state index in [2.05, 4.69) is 15.6 Å². The smallest absolute Gasteiger partial charge is 0.293 e. The number of rotatable bonds is 6. The fourth-order valence-corrected chi connectivity index (χ4v) is 2.97. The molecule has 0 aliphatic heterocycles. The molecule has 106 valence electrons. The van der Waals surface area contributed by atoms with Crippen LogP contribution in [-0.2, 0) is 0 Å². The SMILES string of the molecule is Cc1nc2cc(NCCNC3CC3)c([N+](=O)[O-])cc2s1. The van der Waals surface area contributed by atoms with Crippen molar-refractivity contribution >= 4 is 32.9 Å². The first-order valence-electron chi connectivity index (χ1n) is 6.66. The van der Waals surface area contributed by atoms with Crippen molar-refractivity contribution in [3.63, 3.8) is 0 Å². The van der Waals surface area contributed by atoms with Crippen LogP contribution in [0.15, 0.2) is 12.1 Å². The Labute approximate surface area is 120 Å². The van der Waals surface area contributed by atoms with Crippen LogP contribution in [0, 0.1) is 17.0 Å². The van der Waals surface area contributed by atoms with Gasteiger partial charge in [0.2, 0.25) is 0 Å². The number of fused-ring (bicyclic) bond motifs is 1. The van der Waals surface area contributed by atoms with Crippen LogP contribution in [0.5, 0.6) is 0 Å². The maximum atomic E-state index is 11.2. The van der Waals surface area contributed by atoms with E-state index in [1.165, 1.54) is 24.2 Å². The molecule has 7 heteroatoms. The van der Waals surface area contributed by atoms with Crippen LogP contribution in [0.25, 0.3) is 10.2 Å². The molecule has 1 fully saturated rings. The molecular weight excluding hydrogens is 276 g/mol. The number of nitrogens with one attached hydrogen (secondary N) is 2. The van der Waals surface area contributed by atoms with Gasteiger partial charge < -0.3 is 10.6 Å². The number of nitro groups is 1. The van der Waals surface area contributed by atoms with Gasteiger partial charge in [-0.3, -0.25) is 10.1 Å². The quantitative estimate of drug-likeness (QED) is 0.486. The molecule has 0 saturated heterocycles. The van der Waals surface area contributed by atoms with Gasteiger partial charge in [0.25, 0.3) is 5.69 Å². The van der Waals surface area contributed by atoms with E-state index in [1.807, 2.05) is 6.92 Å². The topological polar surface area (TPSA) is 80.1 Å². The molecule has 20 heavy (non-hydrogen) atoms. The van der Waals surface area contributed by atoms with Gasteiger partial charge in [-0.2, -0.15) is 0 Å². The average Bonchev–Trinajstić information content (AvgIpc) is 3.14. The second-order valence-electron chi connectivity index (χ2n) is 4.98. The van der Waals surface area contributed by atoms with Crippen molar-refractivity contribution in [2.24, 2.45) is 0 Å². The van der Waals surface area contributed by atoms with E-state index in [0.29, 0.717) is 18.3 Å². The zero-order valence-corrected chi connectivity index (χ0v) is 12.0. The molecule has 1 aromatic carbocycles. The summed E-state index contributed by atoms with van der Waals surface area (Å²) < 4.78 is 0.857. The molecule has 0 bridgehead atoms. The van der Waals surface area contributed by atoms with E-state index in [9.17, 15) is 10.1 Å². The van der Waals surface area contributed by atoms with E-state index >= 15 is 0 Å². The summed E-state index contributed by atoms with van der Waals surface area (Å²) in [5.74, 6) is 0. The highest BCUT2D eigenvalue weighted by atomic mass is 32.1. The van der Waals surface area contributed by atoms with Gasteiger partial charge in [-0.25, -0.2) is 4.98 Å². The summed E-state index contributed by atoms with van der Waals surface area (Å²) in [6.45, 7) is 3.39. The lowest BCUT2D eigenvalue weighted by Gasteiger charge is -2.07. The van der Waals surface area contributed by atoms with Crippen LogP contribution in [0.2, 0.25) is 0 Å². The fourth-order valence-electron chi connectivity index (χ4n) is 2.13. The minimum atomic E-state index is -0.342. The Morgan fingerprint density at radius 1 is 1.45 bits per heavy atom. The predicted octanol–water partition coefficient (Wildman–Crippen LogP) is 2.68. The summed E-state index contributed by atoms with van der Waals surface area (Å²) in [4.78, 5) is 15.2. The zero-order valence-electron chi connectivity index (χ0n) is 11.2. The molecule has 1 aliphatic carbocycles. The van der Waals surface area contributed by atoms with Crippen molar-refractivity contribution < 1.29 is 4.92 Å². The van der Waals surface area contributed by atoms with Crippen LogP contribution >= 0.6 is 11.3 Å². The van der Waals surface area contributed by atoms with Gasteiger partial charge in [0.05, 0.1) is 20.1 Å². The molecule has 0 radical (unpaired) electrons. The summed E-state index contributed by atoms with van der Waals surface area (Å²) in [6.07, 6.45) is 2.48. The number of hydrogen-bond acceptors (Lipinski definition) is 6. The van der Waals surface area contributed by atoms with Gasteiger partial charge in [0.1, 0.15) is 5.69 Å². The Hall–Kier alpha value is -1.73. The minimum absolute atomic E-state index is 0.118. The number of nitrogens with zero attached hydrogens (tertiary/aromatic N) is 2. The van der Waals surface area contributed by atoms with Crippen LogP contribution in [0.3, 0.4) is 0 Å². The summed E-state index contributed by atoms with van der Waals surface area (Å²) in [5, 5.41) is 18.6. The molecule has 0 unspecified atom stereocenters. The lowest BCUT2D eigenvalue weighted by atomic mass is 10.2. The molecule has 2 aromatic rings. The number of hydrogen-bond donors (Lipinski definition) is 2. The van der Waals surface area contributed by atoms with Crippen molar-refractivity contribution in [1.29, 1.82) is 0 Å². The highest BCUT2D eigenvalue weighted by molar-refractivity contribution is 7.18. The molecule has 0 atom stereocenters. The van der Waals surface area contributed by atoms with Gasteiger partial charge in [-0.1, -0.05) is 0 Å². The lowest BCUT2D eigenvalue weighted by Crippen LogP contribution is -2.24. The van der Waals surface area contributed by atoms with E-state index in [0.717, 1.165) is 21.8 Å². The molecule has 1 aromatic heterocycles. The maximum Gasteiger partial charge on any atom is 0.293 e. The van der Waals surface area contributed by atoms with Gasteiger partial charge in [-0.05, 0) is 25.8 Å². The second kappa shape index (κ2) is 5.34. The van der Waals surface area contributed by atoms with Crippen LogP contribution < -0.4 is 10.6 Å². The molecule has 1 aliphatic rings. The molecule has 1 saturated carbocycles. The summed E-state index contributed by atoms with van der Waals surface area (Å²) in [7, 11) is 0. The highest BCUT2D eigenvalue weighted by Gasteiger charge is 2.20. The van der Waals surface area contributed by atoms with Crippen molar-refractivity contribution in [3.8, 4) is 0 Å². The van der Waals surface area contributed by atoms with E-state index in [4.69, 9.17) is 0 Å². The Morgan fingerprint density at radius 3 is 2.95 bits per heavy atom. The molecule has 3 rings (SSSR count). The van der Waals surface area contributed by atoms with Crippen LogP contribution in [-0.4, -0.2) is 29.0 Å². The third-order valence-corrected chi connectivity index (χ3v) is 4.19. The standard InChI is InChI=1S/C13H16N4O2S/c1-8-16-11-6-10(15-5-4-14-9-2-3-9)12(17(18)19)7-13(11)20-8/h6-7,9,14-15H,2-5H2,1H3. The summed E-state index contributed by atoms with van der Waals surface area (Å²) >= 11 is 1.48. The van der Waals surface area contributed by atoms with Gasteiger partial charge in [0.15, 0.2) is 0 Å². The van der Waals surface area contributed by atoms with Gasteiger partial charge in [-0.15, -0.1) is 11.3 Å². The Morgan fingerprint density at radius 2 is 2.25 bits per heavy atom. The van der Waals surface area contributed by atoms with Gasteiger partial charge in [0, 0.05) is 25.2 Å². The average molecular weight is 292 g/mol. The zero-order chi connectivity index (χ0) is 14.1. The lowest BCUT2D eigenvalue weighted by molar-refractivity contribution is -0.383. The first-order chi connectivity index (χ1) is 9.63. The van der Waals surface area contributed by atoms with Crippen LogP contribution in [0.4, 0.5) is 11.4 Å². The molecule has 0 amide bonds. The van der Waals surface area contributed by atoms with Crippen molar-refractivity contribution in [2.45, 2.75) is 25.8 Å². The Balaban J connectivity index is 1.78. The van der Waals surface area contributed by atoms with Crippen molar-refractivity contribution in [3.05, 3.63) is 27.3 Å². The Kier molecular flexibility index (Phi) is 3.54. The van der Waals surface area contributed by atoms with Crippen molar-refractivity contribution in [2.75, 3.05) is 18.4 Å². The molecule has 2 N–H and O–H groups in total. The van der Waals surface area contributed by atoms with Gasteiger partial charge >= 0.3 is 0 Å². The number of benzene rings is 1. The predicted molar refractivity (Wildman–Crippen MR) is 80.5 cm³/mol. The molecule has 0 spiro atoms. The summed E-state index contributed by atoms with van der Waals surface area (Å²) in [6, 6.07) is 4.03. The monoisotopic (exact) mass is 292 g/mol. The third-order valence-electron chi connectivity index (χ3n) is 3.26. The fraction of sp³-hybridized carbons (Fsp3) is 0.462. The van der Waals surface area contributed by atoms with Crippen LogP contribution in [0.1, 0.15) is 17.8 Å². The number of aromatic nitrogens is 1. The number of nitro benzene ring substituents is 1. The number of aryl methyl sites for hydroxylation is 1. The summed E-state index contributed by atoms with van der Waals surface area (Å²) in [5.41, 5.74) is 1.48. The second-order valence-corrected chi connectivity index (χ2v) is 6.22. The molecule has 6 nitrogen and oxygen atoms in total.